The van der Waals surface area contributed by atoms with Gasteiger partial charge in [-0.15, -0.1) is 11.3 Å². The van der Waals surface area contributed by atoms with Crippen LogP contribution in [0.15, 0.2) is 66.0 Å². The fraction of sp³-hybridized carbons (Fsp3) is 0.276. The number of hydrazine groups is 1. The van der Waals surface area contributed by atoms with Crippen molar-refractivity contribution in [3.63, 3.8) is 0 Å². The van der Waals surface area contributed by atoms with Crippen molar-refractivity contribution >= 4 is 78.4 Å². The summed E-state index contributed by atoms with van der Waals surface area (Å²) in [4.78, 5) is 77.9. The van der Waals surface area contributed by atoms with E-state index in [1.54, 1.807) is 17.5 Å². The number of ketones is 1. The number of nitro groups is 1. The van der Waals surface area contributed by atoms with Gasteiger partial charge in [0, 0.05) is 32.9 Å². The first-order chi connectivity index (χ1) is 20.6. The number of carbonyl (C=O) groups excluding carboxylic acids is 5. The molecule has 3 aromatic rings. The molecule has 2 bridgehead atoms. The molecule has 2 aromatic carbocycles. The molecular weight excluding hydrogens is 710 g/mol. The Labute approximate surface area is 265 Å². The quantitative estimate of drug-likeness (QED) is 0.0606. The highest BCUT2D eigenvalue weighted by Gasteiger charge is 2.67. The van der Waals surface area contributed by atoms with E-state index in [2.05, 4.69) is 31.9 Å². The number of carbonyl (C=O) groups is 5. The van der Waals surface area contributed by atoms with Crippen molar-refractivity contribution in [1.82, 2.24) is 10.0 Å². The van der Waals surface area contributed by atoms with E-state index < -0.39 is 52.8 Å². The summed E-state index contributed by atoms with van der Waals surface area (Å²) in [5, 5.41) is 14.5. The van der Waals surface area contributed by atoms with Crippen LogP contribution in [0.4, 0.5) is 5.69 Å². The standard InChI is InChI=1S/C29H21Br2N3O8S/c30-24-18-12-19(25(24)31)23-22(18)27(37)33(28(23)38)32(26(36)15-3-7-16(8-4-15)34(40)41)13-20(35)14-5-9-17(10-6-14)42-29(39)21-2-1-11-43-21/h1-11,18-19,22-25H,12-13H2/t18-,19-,22-,23-,24+,25+/m1/s1. The van der Waals surface area contributed by atoms with Crippen LogP contribution in [-0.4, -0.2) is 60.6 Å². The Morgan fingerprint density at radius 1 is 0.930 bits per heavy atom. The summed E-state index contributed by atoms with van der Waals surface area (Å²) in [6, 6.07) is 13.7. The van der Waals surface area contributed by atoms with Crippen LogP contribution in [0.25, 0.3) is 0 Å². The van der Waals surface area contributed by atoms with Crippen LogP contribution >= 0.6 is 43.2 Å². The second-order valence-corrected chi connectivity index (χ2v) is 13.5. The summed E-state index contributed by atoms with van der Waals surface area (Å²) in [5.74, 6) is -4.34. The molecule has 1 aliphatic heterocycles. The van der Waals surface area contributed by atoms with Gasteiger partial charge in [0.15, 0.2) is 5.78 Å². The van der Waals surface area contributed by atoms with Crippen molar-refractivity contribution in [2.75, 3.05) is 6.54 Å². The smallest absolute Gasteiger partial charge is 0.353 e. The van der Waals surface area contributed by atoms with Gasteiger partial charge in [-0.2, -0.15) is 5.01 Å². The Kier molecular flexibility index (Phi) is 7.77. The van der Waals surface area contributed by atoms with E-state index in [1.165, 1.54) is 47.7 Å². The van der Waals surface area contributed by atoms with E-state index in [1.807, 2.05) is 0 Å². The minimum absolute atomic E-state index is 0.0247. The van der Waals surface area contributed by atoms with Gasteiger partial charge in [-0.1, -0.05) is 37.9 Å². The van der Waals surface area contributed by atoms with E-state index in [0.717, 1.165) is 22.2 Å². The number of halogens is 2. The number of ether oxygens (including phenoxy) is 1. The van der Waals surface area contributed by atoms with E-state index in [-0.39, 0.29) is 44.1 Å². The van der Waals surface area contributed by atoms with Crippen molar-refractivity contribution in [3.05, 3.63) is 92.2 Å². The second kappa shape index (κ2) is 11.4. The first kappa shape index (κ1) is 29.3. The lowest BCUT2D eigenvalue weighted by atomic mass is 9.81. The molecule has 6 atom stereocenters. The third-order valence-corrected chi connectivity index (χ3v) is 12.2. The molecule has 1 aromatic heterocycles. The van der Waals surface area contributed by atoms with Crippen LogP contribution < -0.4 is 4.74 Å². The van der Waals surface area contributed by atoms with Crippen LogP contribution in [0.1, 0.15) is 36.8 Å². The molecule has 0 spiro atoms. The molecule has 0 radical (unpaired) electrons. The molecule has 43 heavy (non-hydrogen) atoms. The molecule has 6 rings (SSSR count). The lowest BCUT2D eigenvalue weighted by Gasteiger charge is -2.30. The summed E-state index contributed by atoms with van der Waals surface area (Å²) in [7, 11) is 0. The number of alkyl halides is 2. The Balaban J connectivity index is 1.27. The average Bonchev–Trinajstić information content (AvgIpc) is 3.78. The molecule has 14 heteroatoms. The van der Waals surface area contributed by atoms with E-state index in [4.69, 9.17) is 4.74 Å². The molecule has 2 aliphatic carbocycles. The number of fused-ring (bicyclic) bond motifs is 5. The first-order valence-corrected chi connectivity index (χ1v) is 15.9. The maximum atomic E-state index is 13.8. The van der Waals surface area contributed by atoms with Gasteiger partial charge in [-0.25, -0.2) is 9.80 Å². The van der Waals surface area contributed by atoms with Gasteiger partial charge in [-0.3, -0.25) is 29.3 Å². The number of esters is 1. The van der Waals surface area contributed by atoms with Gasteiger partial charge < -0.3 is 4.74 Å². The number of hydrogen-bond acceptors (Lipinski definition) is 9. The van der Waals surface area contributed by atoms with Crippen molar-refractivity contribution in [3.8, 4) is 5.75 Å². The molecular formula is C29H21Br2N3O8S. The highest BCUT2D eigenvalue weighted by Crippen LogP contribution is 2.60. The van der Waals surface area contributed by atoms with Crippen molar-refractivity contribution in [1.29, 1.82) is 0 Å². The second-order valence-electron chi connectivity index (χ2n) is 10.5. The third kappa shape index (κ3) is 5.10. The number of imide groups is 1. The maximum absolute atomic E-state index is 13.8. The van der Waals surface area contributed by atoms with Crippen LogP contribution in [0.3, 0.4) is 0 Å². The predicted octanol–water partition coefficient (Wildman–Crippen LogP) is 4.89. The molecule has 0 unspecified atom stereocenters. The molecule has 220 valence electrons. The van der Waals surface area contributed by atoms with Crippen LogP contribution in [0.2, 0.25) is 0 Å². The van der Waals surface area contributed by atoms with Gasteiger partial charge in [-0.05, 0) is 66.1 Å². The number of rotatable bonds is 8. The molecule has 3 aliphatic rings. The summed E-state index contributed by atoms with van der Waals surface area (Å²) in [5.41, 5.74) is -0.130. The third-order valence-electron chi connectivity index (χ3n) is 8.17. The lowest BCUT2D eigenvalue weighted by molar-refractivity contribution is -0.384. The topological polar surface area (TPSA) is 144 Å². The lowest BCUT2D eigenvalue weighted by Crippen LogP contribution is -2.52. The number of nitro benzene ring substituents is 1. The Morgan fingerprint density at radius 2 is 1.51 bits per heavy atom. The fourth-order valence-corrected chi connectivity index (χ4v) is 8.64. The van der Waals surface area contributed by atoms with Gasteiger partial charge in [0.25, 0.3) is 23.4 Å². The minimum atomic E-state index is -0.829. The average molecular weight is 731 g/mol. The molecule has 1 saturated heterocycles. The van der Waals surface area contributed by atoms with Crippen molar-refractivity contribution in [2.45, 2.75) is 16.1 Å². The monoisotopic (exact) mass is 729 g/mol. The predicted molar refractivity (Wildman–Crippen MR) is 160 cm³/mol. The number of amides is 3. The molecule has 2 heterocycles. The van der Waals surface area contributed by atoms with Crippen LogP contribution in [0, 0.1) is 33.8 Å². The van der Waals surface area contributed by atoms with Crippen molar-refractivity contribution in [2.24, 2.45) is 23.7 Å². The first-order valence-electron chi connectivity index (χ1n) is 13.2. The van der Waals surface area contributed by atoms with Gasteiger partial charge in [0.1, 0.15) is 17.2 Å². The number of thiophene rings is 1. The molecule has 11 nitrogen and oxygen atoms in total. The summed E-state index contributed by atoms with van der Waals surface area (Å²) in [6.07, 6.45) is 0.686. The highest BCUT2D eigenvalue weighted by molar-refractivity contribution is 9.12. The van der Waals surface area contributed by atoms with Crippen molar-refractivity contribution < 1.29 is 33.6 Å². The summed E-state index contributed by atoms with van der Waals surface area (Å²) < 4.78 is 5.33. The largest absolute Gasteiger partial charge is 0.422 e. The van der Waals surface area contributed by atoms with E-state index in [0.29, 0.717) is 11.3 Å². The summed E-state index contributed by atoms with van der Waals surface area (Å²) >= 11 is 8.50. The highest BCUT2D eigenvalue weighted by atomic mass is 79.9. The maximum Gasteiger partial charge on any atom is 0.353 e. The van der Waals surface area contributed by atoms with Crippen LogP contribution in [0.5, 0.6) is 5.75 Å². The molecule has 3 amide bonds. The zero-order valence-electron chi connectivity index (χ0n) is 22.0. The normalized spacial score (nSPS) is 25.5. The Morgan fingerprint density at radius 3 is 2.05 bits per heavy atom. The Bertz CT molecular complexity index is 1610. The van der Waals surface area contributed by atoms with E-state index >= 15 is 0 Å². The minimum Gasteiger partial charge on any atom is -0.422 e. The van der Waals surface area contributed by atoms with Gasteiger partial charge in [0.2, 0.25) is 0 Å². The van der Waals surface area contributed by atoms with Gasteiger partial charge >= 0.3 is 5.97 Å². The SMILES string of the molecule is O=C(CN(C(=O)c1ccc([N+](=O)[O-])cc1)N1C(=O)[C@@H]2[C@H]3C[C@@H]([C@H](Br)[C@H]3Br)[C@H]2C1=O)c1ccc(OC(=O)c2cccs2)cc1. The molecule has 3 fully saturated rings. The fourth-order valence-electron chi connectivity index (χ4n) is 6.17. The van der Waals surface area contributed by atoms with Gasteiger partial charge in [0.05, 0.1) is 16.8 Å². The number of non-ortho nitro benzene ring substituents is 1. The number of Topliss-reactive ketones (excluding diaryl/α,β-unsaturated/α-hetero) is 1. The zero-order valence-corrected chi connectivity index (χ0v) is 26.0. The number of nitrogens with zero attached hydrogens (tertiary/aromatic N) is 3. The zero-order chi connectivity index (χ0) is 30.6. The Hall–Kier alpha value is -3.75. The molecule has 0 N–H and O–H groups in total. The molecule has 2 saturated carbocycles. The van der Waals surface area contributed by atoms with E-state index in [9.17, 15) is 34.1 Å². The van der Waals surface area contributed by atoms with Crippen LogP contribution in [-0.2, 0) is 9.59 Å². The summed E-state index contributed by atoms with van der Waals surface area (Å²) in [6.45, 7) is -0.647. The number of benzene rings is 2. The number of hydrogen-bond donors (Lipinski definition) is 0.